The Morgan fingerprint density at radius 2 is 1.94 bits per heavy atom. The first-order chi connectivity index (χ1) is 15.0. The van der Waals surface area contributed by atoms with Crippen molar-refractivity contribution in [3.8, 4) is 0 Å². The Balaban J connectivity index is 1.85. The van der Waals surface area contributed by atoms with Gasteiger partial charge in [-0.3, -0.25) is 19.1 Å². The van der Waals surface area contributed by atoms with Gasteiger partial charge < -0.3 is 10.3 Å². The van der Waals surface area contributed by atoms with E-state index in [1.54, 1.807) is 24.3 Å². The summed E-state index contributed by atoms with van der Waals surface area (Å²) in [6.07, 6.45) is 1.62. The maximum atomic E-state index is 12.9. The number of rotatable bonds is 9. The topological polar surface area (TPSA) is 70.1 Å². The molecule has 6 nitrogen and oxygen atoms in total. The zero-order valence-corrected chi connectivity index (χ0v) is 18.7. The van der Waals surface area contributed by atoms with Crippen LogP contribution in [0.2, 0.25) is 0 Å². The van der Waals surface area contributed by atoms with E-state index in [0.29, 0.717) is 34.3 Å². The molecule has 3 aromatic rings. The van der Waals surface area contributed by atoms with E-state index in [2.05, 4.69) is 47.8 Å². The predicted molar refractivity (Wildman–Crippen MR) is 128 cm³/mol. The van der Waals surface area contributed by atoms with E-state index in [-0.39, 0.29) is 17.5 Å². The van der Waals surface area contributed by atoms with E-state index in [4.69, 9.17) is 12.2 Å². The zero-order valence-electron chi connectivity index (χ0n) is 17.9. The number of aromatic nitrogens is 2. The van der Waals surface area contributed by atoms with Gasteiger partial charge in [0.2, 0.25) is 0 Å². The van der Waals surface area contributed by atoms with Gasteiger partial charge >= 0.3 is 0 Å². The van der Waals surface area contributed by atoms with Crippen molar-refractivity contribution in [1.82, 2.24) is 19.8 Å². The van der Waals surface area contributed by atoms with E-state index < -0.39 is 0 Å². The first-order valence-corrected chi connectivity index (χ1v) is 10.9. The molecular formula is C24H28N4O2S. The number of carbonyl (C=O) groups is 1. The van der Waals surface area contributed by atoms with Crippen molar-refractivity contribution in [2.45, 2.75) is 26.4 Å². The van der Waals surface area contributed by atoms with E-state index in [1.165, 1.54) is 4.57 Å². The van der Waals surface area contributed by atoms with E-state index in [1.807, 2.05) is 18.2 Å². The smallest absolute Gasteiger partial charge is 0.262 e. The summed E-state index contributed by atoms with van der Waals surface area (Å²) < 4.78 is 1.75. The number of allylic oxidation sites excluding steroid dienone is 1. The Morgan fingerprint density at radius 1 is 1.23 bits per heavy atom. The minimum atomic E-state index is -0.198. The second kappa shape index (κ2) is 10.3. The van der Waals surface area contributed by atoms with Crippen LogP contribution >= 0.6 is 12.2 Å². The van der Waals surface area contributed by atoms with Gasteiger partial charge in [-0.2, -0.15) is 0 Å². The van der Waals surface area contributed by atoms with Crippen molar-refractivity contribution >= 4 is 29.0 Å². The number of fused-ring (bicyclic) bond motifs is 1. The third kappa shape index (κ3) is 5.00. The van der Waals surface area contributed by atoms with Crippen LogP contribution in [0.25, 0.3) is 10.9 Å². The number of amides is 1. The van der Waals surface area contributed by atoms with Crippen molar-refractivity contribution in [2.24, 2.45) is 0 Å². The molecule has 0 radical (unpaired) electrons. The molecule has 2 N–H and O–H groups in total. The van der Waals surface area contributed by atoms with E-state index in [0.717, 1.165) is 18.7 Å². The number of hydrogen-bond donors (Lipinski definition) is 2. The molecular weight excluding hydrogens is 408 g/mol. The molecule has 0 aliphatic rings. The van der Waals surface area contributed by atoms with Crippen molar-refractivity contribution in [3.05, 3.63) is 87.4 Å². The van der Waals surface area contributed by atoms with Gasteiger partial charge in [0.05, 0.1) is 16.9 Å². The summed E-state index contributed by atoms with van der Waals surface area (Å²) in [4.78, 5) is 30.9. The highest BCUT2D eigenvalue weighted by Crippen LogP contribution is 2.20. The second-order valence-corrected chi connectivity index (χ2v) is 7.64. The molecule has 0 aliphatic carbocycles. The number of hydrogen-bond acceptors (Lipinski definition) is 4. The third-order valence-corrected chi connectivity index (χ3v) is 5.77. The Labute approximate surface area is 187 Å². The lowest BCUT2D eigenvalue weighted by molar-refractivity contribution is 0.0935. The minimum Gasteiger partial charge on any atom is -0.350 e. The molecule has 1 amide bonds. The fraction of sp³-hybridized carbons (Fsp3) is 0.292. The standard InChI is InChI=1S/C24H28N4O2S/c1-4-14-28-23(30)19-13-12-18(15-20(19)26-24(28)31)22(29)25-16-21(27(5-2)6-3)17-10-8-7-9-11-17/h4,7-13,15,21H,1,5-6,14,16H2,2-3H3,(H,25,29)(H,26,31)/t21-/m0/s1. The normalized spacial score (nSPS) is 12.1. The summed E-state index contributed by atoms with van der Waals surface area (Å²) in [6, 6.07) is 15.3. The quantitative estimate of drug-likeness (QED) is 0.392. The number of H-pyrrole nitrogens is 1. The lowest BCUT2D eigenvalue weighted by Crippen LogP contribution is -2.38. The average molecular weight is 437 g/mol. The maximum absolute atomic E-state index is 12.9. The van der Waals surface area contributed by atoms with E-state index >= 15 is 0 Å². The molecule has 0 aliphatic heterocycles. The molecule has 1 atom stereocenters. The van der Waals surface area contributed by atoms with Gasteiger partial charge in [-0.25, -0.2) is 0 Å². The Bertz CT molecular complexity index is 1180. The van der Waals surface area contributed by atoms with Crippen molar-refractivity contribution in [1.29, 1.82) is 0 Å². The number of aromatic amines is 1. The zero-order chi connectivity index (χ0) is 22.4. The van der Waals surface area contributed by atoms with Crippen LogP contribution in [0.4, 0.5) is 0 Å². The first-order valence-electron chi connectivity index (χ1n) is 10.4. The highest BCUT2D eigenvalue weighted by atomic mass is 32.1. The molecule has 2 aromatic carbocycles. The molecule has 31 heavy (non-hydrogen) atoms. The van der Waals surface area contributed by atoms with Crippen LogP contribution in [-0.2, 0) is 6.54 Å². The van der Waals surface area contributed by atoms with Crippen LogP contribution < -0.4 is 10.9 Å². The molecule has 0 fully saturated rings. The largest absolute Gasteiger partial charge is 0.350 e. The highest BCUT2D eigenvalue weighted by Gasteiger charge is 2.19. The molecule has 0 unspecified atom stereocenters. The molecule has 7 heteroatoms. The number of benzene rings is 2. The lowest BCUT2D eigenvalue weighted by atomic mass is 10.0. The molecule has 0 spiro atoms. The highest BCUT2D eigenvalue weighted by molar-refractivity contribution is 7.71. The summed E-state index contributed by atoms with van der Waals surface area (Å²) in [6.45, 7) is 10.5. The molecule has 162 valence electrons. The predicted octanol–water partition coefficient (Wildman–Crippen LogP) is 4.06. The van der Waals surface area contributed by atoms with Gasteiger partial charge in [0.1, 0.15) is 0 Å². The number of likely N-dealkylation sites (N-methyl/N-ethyl adjacent to an activating group) is 1. The molecule has 0 saturated carbocycles. The summed E-state index contributed by atoms with van der Waals surface area (Å²) in [7, 11) is 0. The number of nitrogens with one attached hydrogen (secondary N) is 2. The van der Waals surface area contributed by atoms with Crippen LogP contribution in [0, 0.1) is 4.77 Å². The van der Waals surface area contributed by atoms with Crippen LogP contribution in [0.1, 0.15) is 35.8 Å². The van der Waals surface area contributed by atoms with Crippen molar-refractivity contribution < 1.29 is 4.79 Å². The summed E-state index contributed by atoms with van der Waals surface area (Å²) in [5.41, 5.74) is 1.99. The minimum absolute atomic E-state index is 0.0810. The fourth-order valence-corrected chi connectivity index (χ4v) is 4.05. The Morgan fingerprint density at radius 3 is 2.58 bits per heavy atom. The third-order valence-electron chi connectivity index (χ3n) is 5.45. The number of nitrogens with zero attached hydrogens (tertiary/aromatic N) is 2. The molecule has 0 saturated heterocycles. The van der Waals surface area contributed by atoms with Gasteiger partial charge in [-0.05, 0) is 49.1 Å². The van der Waals surface area contributed by atoms with Gasteiger partial charge in [0.15, 0.2) is 4.77 Å². The Kier molecular flexibility index (Phi) is 7.55. The first kappa shape index (κ1) is 22.7. The van der Waals surface area contributed by atoms with Gasteiger partial charge in [0.25, 0.3) is 11.5 Å². The summed E-state index contributed by atoms with van der Waals surface area (Å²) >= 11 is 5.29. The SMILES string of the molecule is C=CCn1c(=S)[nH]c2cc(C(=O)NC[C@@H](c3ccccc3)N(CC)CC)ccc2c1=O. The maximum Gasteiger partial charge on any atom is 0.262 e. The van der Waals surface area contributed by atoms with Gasteiger partial charge in [-0.1, -0.05) is 50.3 Å². The second-order valence-electron chi connectivity index (χ2n) is 7.25. The average Bonchev–Trinajstić information content (AvgIpc) is 2.79. The number of carbonyl (C=O) groups excluding carboxylic acids is 1. The Hall–Kier alpha value is -3.03. The van der Waals surface area contributed by atoms with Crippen LogP contribution in [0.5, 0.6) is 0 Å². The van der Waals surface area contributed by atoms with Gasteiger partial charge in [-0.15, -0.1) is 6.58 Å². The van der Waals surface area contributed by atoms with Crippen LogP contribution in [0.15, 0.2) is 66.0 Å². The summed E-state index contributed by atoms with van der Waals surface area (Å²) in [5, 5.41) is 3.54. The van der Waals surface area contributed by atoms with Gasteiger partial charge in [0, 0.05) is 18.7 Å². The van der Waals surface area contributed by atoms with Crippen molar-refractivity contribution in [3.63, 3.8) is 0 Å². The van der Waals surface area contributed by atoms with Crippen LogP contribution in [-0.4, -0.2) is 40.0 Å². The monoisotopic (exact) mass is 436 g/mol. The fourth-order valence-electron chi connectivity index (χ4n) is 3.78. The molecule has 1 heterocycles. The van der Waals surface area contributed by atoms with E-state index in [9.17, 15) is 9.59 Å². The molecule has 3 rings (SSSR count). The lowest BCUT2D eigenvalue weighted by Gasteiger charge is -2.30. The summed E-state index contributed by atoms with van der Waals surface area (Å²) in [5.74, 6) is -0.190. The molecule has 0 bridgehead atoms. The van der Waals surface area contributed by atoms with Crippen molar-refractivity contribution in [2.75, 3.05) is 19.6 Å². The van der Waals surface area contributed by atoms with Crippen LogP contribution in [0.3, 0.4) is 0 Å². The molecule has 1 aromatic heterocycles.